The Kier molecular flexibility index (Phi) is 3.70. The van der Waals surface area contributed by atoms with Gasteiger partial charge in [-0.25, -0.2) is 9.97 Å². The minimum atomic E-state index is 0.509. The number of anilines is 1. The van der Waals surface area contributed by atoms with Gasteiger partial charge in [0, 0.05) is 12.1 Å². The molecule has 1 aromatic rings. The first-order valence-electron chi connectivity index (χ1n) is 5.13. The number of nitrogens with zero attached hydrogens (tertiary/aromatic N) is 2. The van der Waals surface area contributed by atoms with Crippen molar-refractivity contribution in [3.05, 3.63) is 11.2 Å². The highest BCUT2D eigenvalue weighted by molar-refractivity contribution is 7.98. The van der Waals surface area contributed by atoms with Gasteiger partial charge in [-0.15, -0.1) is 0 Å². The molecule has 1 aliphatic carbocycles. The molecule has 0 bridgehead atoms. The molecule has 1 heterocycles. The Morgan fingerprint density at radius 2 is 2.13 bits per heavy atom. The maximum atomic E-state index is 5.91. The fourth-order valence-corrected chi connectivity index (χ4v) is 2.45. The highest BCUT2D eigenvalue weighted by Gasteiger charge is 2.15. The quantitative estimate of drug-likeness (QED) is 0.503. The third-order valence-corrected chi connectivity index (χ3v) is 3.31. The van der Waals surface area contributed by atoms with E-state index in [1.165, 1.54) is 37.4 Å². The monoisotopic (exact) mass is 243 g/mol. The average Bonchev–Trinajstić information content (AvgIpc) is 2.69. The summed E-state index contributed by atoms with van der Waals surface area (Å²) < 4.78 is 0. The summed E-state index contributed by atoms with van der Waals surface area (Å²) in [4.78, 5) is 8.48. The summed E-state index contributed by atoms with van der Waals surface area (Å²) in [5.41, 5.74) is 0. The van der Waals surface area contributed by atoms with Gasteiger partial charge < -0.3 is 5.32 Å². The molecule has 82 valence electrons. The summed E-state index contributed by atoms with van der Waals surface area (Å²) in [7, 11) is 0. The number of rotatable bonds is 3. The summed E-state index contributed by atoms with van der Waals surface area (Å²) >= 11 is 7.42. The van der Waals surface area contributed by atoms with Crippen molar-refractivity contribution >= 4 is 29.2 Å². The molecule has 1 saturated carbocycles. The molecule has 1 fully saturated rings. The van der Waals surface area contributed by atoms with E-state index in [2.05, 4.69) is 15.3 Å². The van der Waals surface area contributed by atoms with Crippen molar-refractivity contribution in [3.63, 3.8) is 0 Å². The van der Waals surface area contributed by atoms with E-state index in [0.717, 1.165) is 11.0 Å². The number of halogens is 1. The van der Waals surface area contributed by atoms with Gasteiger partial charge in [0.1, 0.15) is 11.0 Å². The molecule has 2 rings (SSSR count). The Morgan fingerprint density at radius 3 is 2.80 bits per heavy atom. The molecule has 3 nitrogen and oxygen atoms in total. The minimum absolute atomic E-state index is 0.509. The number of thioether (sulfide) groups is 1. The molecule has 15 heavy (non-hydrogen) atoms. The second kappa shape index (κ2) is 5.03. The smallest absolute Gasteiger partial charge is 0.190 e. The summed E-state index contributed by atoms with van der Waals surface area (Å²) in [6, 6.07) is 2.35. The first-order valence-corrected chi connectivity index (χ1v) is 6.73. The van der Waals surface area contributed by atoms with Gasteiger partial charge in [-0.1, -0.05) is 36.2 Å². The molecular formula is C10H14ClN3S. The molecule has 0 unspecified atom stereocenters. The third kappa shape index (κ3) is 2.98. The van der Waals surface area contributed by atoms with Crippen LogP contribution in [0.1, 0.15) is 25.7 Å². The molecule has 0 aromatic carbocycles. The highest BCUT2D eigenvalue weighted by Crippen LogP contribution is 2.23. The van der Waals surface area contributed by atoms with Crippen molar-refractivity contribution < 1.29 is 0 Å². The van der Waals surface area contributed by atoms with Crippen LogP contribution in [0.5, 0.6) is 0 Å². The largest absolute Gasteiger partial charge is 0.367 e. The zero-order valence-electron chi connectivity index (χ0n) is 8.66. The van der Waals surface area contributed by atoms with Crippen molar-refractivity contribution in [2.45, 2.75) is 36.9 Å². The molecule has 0 aliphatic heterocycles. The van der Waals surface area contributed by atoms with E-state index in [1.807, 2.05) is 6.26 Å². The molecule has 1 aliphatic rings. The summed E-state index contributed by atoms with van der Waals surface area (Å²) in [6.07, 6.45) is 7.04. The lowest BCUT2D eigenvalue weighted by Crippen LogP contribution is -2.15. The Morgan fingerprint density at radius 1 is 1.40 bits per heavy atom. The number of nitrogens with one attached hydrogen (secondary N) is 1. The Balaban J connectivity index is 2.09. The first-order chi connectivity index (χ1) is 7.28. The van der Waals surface area contributed by atoms with Gasteiger partial charge in [-0.2, -0.15) is 0 Å². The van der Waals surface area contributed by atoms with Gasteiger partial charge in [-0.3, -0.25) is 0 Å². The summed E-state index contributed by atoms with van der Waals surface area (Å²) in [5.74, 6) is 0.853. The summed E-state index contributed by atoms with van der Waals surface area (Å²) in [6.45, 7) is 0. The second-order valence-electron chi connectivity index (χ2n) is 3.69. The first kappa shape index (κ1) is 11.0. The van der Waals surface area contributed by atoms with Crippen molar-refractivity contribution in [1.82, 2.24) is 9.97 Å². The lowest BCUT2D eigenvalue weighted by molar-refractivity contribution is 0.745. The molecule has 0 spiro atoms. The van der Waals surface area contributed by atoms with Crippen LogP contribution >= 0.6 is 23.4 Å². The van der Waals surface area contributed by atoms with Crippen molar-refractivity contribution in [3.8, 4) is 0 Å². The van der Waals surface area contributed by atoms with Crippen molar-refractivity contribution in [2.75, 3.05) is 11.6 Å². The van der Waals surface area contributed by atoms with Crippen LogP contribution in [-0.2, 0) is 0 Å². The second-order valence-corrected chi connectivity index (χ2v) is 4.85. The van der Waals surface area contributed by atoms with Crippen LogP contribution < -0.4 is 5.32 Å². The Hall–Kier alpha value is -0.480. The number of hydrogen-bond acceptors (Lipinski definition) is 4. The molecular weight excluding hydrogens is 230 g/mol. The topological polar surface area (TPSA) is 37.8 Å². The third-order valence-electron chi connectivity index (χ3n) is 2.56. The van der Waals surface area contributed by atoms with Gasteiger partial charge in [0.05, 0.1) is 0 Å². The molecule has 5 heteroatoms. The number of hydrogen-bond donors (Lipinski definition) is 1. The zero-order chi connectivity index (χ0) is 10.7. The van der Waals surface area contributed by atoms with E-state index in [1.54, 1.807) is 6.07 Å². The van der Waals surface area contributed by atoms with E-state index < -0.39 is 0 Å². The van der Waals surface area contributed by atoms with Gasteiger partial charge in [0.25, 0.3) is 0 Å². The van der Waals surface area contributed by atoms with Crippen molar-refractivity contribution in [2.24, 2.45) is 0 Å². The van der Waals surface area contributed by atoms with E-state index in [4.69, 9.17) is 11.6 Å². The Bertz CT molecular complexity index is 339. The van der Waals surface area contributed by atoms with Gasteiger partial charge in [0.2, 0.25) is 0 Å². The lowest BCUT2D eigenvalue weighted by atomic mass is 10.2. The molecule has 1 N–H and O–H groups in total. The predicted molar refractivity (Wildman–Crippen MR) is 64.7 cm³/mol. The van der Waals surface area contributed by atoms with Crippen LogP contribution in [0.3, 0.4) is 0 Å². The molecule has 1 aromatic heterocycles. The molecule has 0 radical (unpaired) electrons. The van der Waals surface area contributed by atoms with Gasteiger partial charge >= 0.3 is 0 Å². The highest BCUT2D eigenvalue weighted by atomic mass is 35.5. The van der Waals surface area contributed by atoms with E-state index in [0.29, 0.717) is 11.2 Å². The van der Waals surface area contributed by atoms with Crippen molar-refractivity contribution in [1.29, 1.82) is 0 Å². The average molecular weight is 244 g/mol. The fraction of sp³-hybridized carbons (Fsp3) is 0.600. The molecule has 0 atom stereocenters. The summed E-state index contributed by atoms with van der Waals surface area (Å²) in [5, 5.41) is 4.64. The van der Waals surface area contributed by atoms with Crippen LogP contribution in [0.15, 0.2) is 11.2 Å². The maximum Gasteiger partial charge on any atom is 0.190 e. The van der Waals surface area contributed by atoms with Crippen LogP contribution in [-0.4, -0.2) is 22.3 Å². The maximum absolute atomic E-state index is 5.91. The van der Waals surface area contributed by atoms with Crippen LogP contribution in [0.4, 0.5) is 5.82 Å². The van der Waals surface area contributed by atoms with E-state index in [9.17, 15) is 0 Å². The fourth-order valence-electron chi connectivity index (χ4n) is 1.84. The SMILES string of the molecule is CSc1nc(Cl)cc(NC2CCCC2)n1. The van der Waals surface area contributed by atoms with E-state index in [-0.39, 0.29) is 0 Å². The van der Waals surface area contributed by atoms with Crippen LogP contribution in [0.25, 0.3) is 0 Å². The normalized spacial score (nSPS) is 16.9. The standard InChI is InChI=1S/C10H14ClN3S/c1-15-10-13-8(11)6-9(14-10)12-7-4-2-3-5-7/h6-7H,2-5H2,1H3,(H,12,13,14). The van der Waals surface area contributed by atoms with Crippen LogP contribution in [0.2, 0.25) is 5.15 Å². The molecule has 0 amide bonds. The van der Waals surface area contributed by atoms with Gasteiger partial charge in [-0.05, 0) is 19.1 Å². The minimum Gasteiger partial charge on any atom is -0.367 e. The lowest BCUT2D eigenvalue weighted by Gasteiger charge is -2.12. The van der Waals surface area contributed by atoms with E-state index >= 15 is 0 Å². The molecule has 0 saturated heterocycles. The predicted octanol–water partition coefficient (Wildman–Crippen LogP) is 3.21. The Labute approximate surface area is 99.0 Å². The zero-order valence-corrected chi connectivity index (χ0v) is 10.2. The van der Waals surface area contributed by atoms with Gasteiger partial charge in [0.15, 0.2) is 5.16 Å². The van der Waals surface area contributed by atoms with Crippen LogP contribution in [0, 0.1) is 0 Å². The number of aromatic nitrogens is 2.